The van der Waals surface area contributed by atoms with E-state index in [2.05, 4.69) is 10.3 Å². The maximum atomic E-state index is 9.77. The van der Waals surface area contributed by atoms with Crippen molar-refractivity contribution in [1.82, 2.24) is 0 Å². The van der Waals surface area contributed by atoms with E-state index in [1.165, 1.54) is 29.7 Å². The van der Waals surface area contributed by atoms with Gasteiger partial charge < -0.3 is 10.4 Å². The number of aliphatic hydroxyl groups excluding tert-OH is 1. The van der Waals surface area contributed by atoms with Gasteiger partial charge in [-0.05, 0) is 31.2 Å². The van der Waals surface area contributed by atoms with Gasteiger partial charge in [-0.25, -0.2) is 4.99 Å². The van der Waals surface area contributed by atoms with Crippen molar-refractivity contribution in [1.29, 1.82) is 0 Å². The van der Waals surface area contributed by atoms with E-state index in [9.17, 15) is 5.11 Å². The Morgan fingerprint density at radius 1 is 1.43 bits per heavy atom. The lowest BCUT2D eigenvalue weighted by molar-refractivity contribution is 0.188. The normalized spacial score (nSPS) is 23.9. The first kappa shape index (κ1) is 8.44. The van der Waals surface area contributed by atoms with Crippen LogP contribution in [0.2, 0.25) is 0 Å². The maximum Gasteiger partial charge on any atom is 0.176 e. The van der Waals surface area contributed by atoms with E-state index in [1.54, 1.807) is 17.7 Å². The van der Waals surface area contributed by atoms with Gasteiger partial charge >= 0.3 is 0 Å². The summed E-state index contributed by atoms with van der Waals surface area (Å²) in [7, 11) is 0. The molecule has 0 saturated heterocycles. The molecule has 0 saturated carbocycles. The monoisotopic (exact) mass is 208 g/mol. The molecule has 14 heavy (non-hydrogen) atoms. The Bertz CT molecular complexity index is 397. The molecule has 0 amide bonds. The SMILES string of the molecule is OC1N=CNc2sc3c(c21)CCCC3. The highest BCUT2D eigenvalue weighted by molar-refractivity contribution is 7.16. The first-order valence-corrected chi connectivity index (χ1v) is 5.78. The molecule has 0 fully saturated rings. The van der Waals surface area contributed by atoms with Crippen molar-refractivity contribution in [3.63, 3.8) is 0 Å². The number of nitrogens with one attached hydrogen (secondary N) is 1. The zero-order chi connectivity index (χ0) is 9.54. The van der Waals surface area contributed by atoms with Gasteiger partial charge in [-0.15, -0.1) is 11.3 Å². The smallest absolute Gasteiger partial charge is 0.176 e. The number of hydrogen-bond donors (Lipinski definition) is 2. The van der Waals surface area contributed by atoms with Gasteiger partial charge in [0.25, 0.3) is 0 Å². The molecule has 2 heterocycles. The summed E-state index contributed by atoms with van der Waals surface area (Å²) in [6.45, 7) is 0. The van der Waals surface area contributed by atoms with Gasteiger partial charge in [-0.2, -0.15) is 0 Å². The van der Waals surface area contributed by atoms with E-state index in [0.29, 0.717) is 0 Å². The van der Waals surface area contributed by atoms with Crippen LogP contribution in [0.25, 0.3) is 0 Å². The van der Waals surface area contributed by atoms with E-state index in [4.69, 9.17) is 0 Å². The van der Waals surface area contributed by atoms with E-state index in [1.807, 2.05) is 0 Å². The third kappa shape index (κ3) is 1.11. The molecule has 1 unspecified atom stereocenters. The lowest BCUT2D eigenvalue weighted by atomic mass is 9.95. The van der Waals surface area contributed by atoms with Crippen LogP contribution >= 0.6 is 11.3 Å². The number of nitrogens with zero attached hydrogens (tertiary/aromatic N) is 1. The molecule has 3 nitrogen and oxygen atoms in total. The predicted molar refractivity (Wildman–Crippen MR) is 58.0 cm³/mol. The molecule has 1 aliphatic heterocycles. The van der Waals surface area contributed by atoms with Gasteiger partial charge in [0, 0.05) is 10.4 Å². The van der Waals surface area contributed by atoms with Gasteiger partial charge in [0.15, 0.2) is 6.23 Å². The summed E-state index contributed by atoms with van der Waals surface area (Å²) in [5, 5.41) is 14.0. The van der Waals surface area contributed by atoms with E-state index in [0.717, 1.165) is 17.0 Å². The summed E-state index contributed by atoms with van der Waals surface area (Å²) < 4.78 is 0. The molecule has 3 rings (SSSR count). The van der Waals surface area contributed by atoms with Gasteiger partial charge in [0.1, 0.15) is 5.00 Å². The van der Waals surface area contributed by atoms with Crippen LogP contribution in [-0.2, 0) is 12.8 Å². The second kappa shape index (κ2) is 3.07. The number of aliphatic imine (C=N–C) groups is 1. The minimum absolute atomic E-state index is 0.635. The lowest BCUT2D eigenvalue weighted by Crippen LogP contribution is -2.10. The van der Waals surface area contributed by atoms with Crippen LogP contribution in [0.15, 0.2) is 4.99 Å². The Hall–Kier alpha value is -0.870. The molecule has 1 aromatic heterocycles. The molecule has 2 N–H and O–H groups in total. The van der Waals surface area contributed by atoms with Crippen LogP contribution in [0, 0.1) is 0 Å². The van der Waals surface area contributed by atoms with Crippen molar-refractivity contribution in [3.05, 3.63) is 16.0 Å². The fourth-order valence-electron chi connectivity index (χ4n) is 2.21. The summed E-state index contributed by atoms with van der Waals surface area (Å²) in [6, 6.07) is 0. The number of aryl methyl sites for hydroxylation is 1. The van der Waals surface area contributed by atoms with Crippen molar-refractivity contribution in [2.45, 2.75) is 31.9 Å². The van der Waals surface area contributed by atoms with Gasteiger partial charge in [0.2, 0.25) is 0 Å². The molecule has 0 bridgehead atoms. The molecule has 4 heteroatoms. The quantitative estimate of drug-likeness (QED) is 0.685. The standard InChI is InChI=1S/C10H12N2OS/c13-9-8-6-3-1-2-4-7(6)14-10(8)12-5-11-9/h5,9,13H,1-4H2,(H,11,12). The Morgan fingerprint density at radius 3 is 3.21 bits per heavy atom. The zero-order valence-electron chi connectivity index (χ0n) is 7.79. The summed E-state index contributed by atoms with van der Waals surface area (Å²) in [5.74, 6) is 0. The van der Waals surface area contributed by atoms with Crippen LogP contribution in [0.3, 0.4) is 0 Å². The van der Waals surface area contributed by atoms with E-state index in [-0.39, 0.29) is 0 Å². The van der Waals surface area contributed by atoms with Crippen molar-refractivity contribution in [2.24, 2.45) is 4.99 Å². The fourth-order valence-corrected chi connectivity index (χ4v) is 3.49. The molecule has 74 valence electrons. The van der Waals surface area contributed by atoms with Crippen LogP contribution < -0.4 is 5.32 Å². The number of rotatable bonds is 0. The zero-order valence-corrected chi connectivity index (χ0v) is 8.60. The average molecular weight is 208 g/mol. The third-order valence-electron chi connectivity index (χ3n) is 2.88. The number of hydrogen-bond acceptors (Lipinski definition) is 4. The minimum atomic E-state index is -0.635. The van der Waals surface area contributed by atoms with Crippen LogP contribution in [-0.4, -0.2) is 11.4 Å². The largest absolute Gasteiger partial charge is 0.368 e. The average Bonchev–Trinajstić information content (AvgIpc) is 2.57. The van der Waals surface area contributed by atoms with Gasteiger partial charge in [-0.3, -0.25) is 0 Å². The first-order valence-electron chi connectivity index (χ1n) is 4.97. The second-order valence-corrected chi connectivity index (χ2v) is 4.86. The molecule has 1 atom stereocenters. The predicted octanol–water partition coefficient (Wildman–Crippen LogP) is 2.07. The number of aliphatic hydroxyl groups is 1. The molecular weight excluding hydrogens is 196 g/mol. The molecule has 1 aromatic rings. The number of fused-ring (bicyclic) bond motifs is 3. The van der Waals surface area contributed by atoms with Crippen LogP contribution in [0.1, 0.15) is 35.1 Å². The molecule has 0 radical (unpaired) electrons. The lowest BCUT2D eigenvalue weighted by Gasteiger charge is -2.16. The van der Waals surface area contributed by atoms with E-state index >= 15 is 0 Å². The van der Waals surface area contributed by atoms with Crippen LogP contribution in [0.5, 0.6) is 0 Å². The Labute approximate surface area is 86.5 Å². The van der Waals surface area contributed by atoms with Gasteiger partial charge in [-0.1, -0.05) is 0 Å². The number of anilines is 1. The minimum Gasteiger partial charge on any atom is -0.368 e. The number of thiophene rings is 1. The van der Waals surface area contributed by atoms with Crippen LogP contribution in [0.4, 0.5) is 5.00 Å². The van der Waals surface area contributed by atoms with Crippen molar-refractivity contribution in [3.8, 4) is 0 Å². The molecule has 0 aromatic carbocycles. The molecule has 1 aliphatic carbocycles. The summed E-state index contributed by atoms with van der Waals surface area (Å²) in [6.07, 6.45) is 5.76. The molecular formula is C10H12N2OS. The van der Waals surface area contributed by atoms with Crippen molar-refractivity contribution in [2.75, 3.05) is 5.32 Å². The maximum absolute atomic E-state index is 9.77. The Kier molecular flexibility index (Phi) is 1.85. The summed E-state index contributed by atoms with van der Waals surface area (Å²) >= 11 is 1.78. The summed E-state index contributed by atoms with van der Waals surface area (Å²) in [4.78, 5) is 5.42. The highest BCUT2D eigenvalue weighted by Gasteiger charge is 2.26. The molecule has 2 aliphatic rings. The summed E-state index contributed by atoms with van der Waals surface area (Å²) in [5.41, 5.74) is 2.39. The van der Waals surface area contributed by atoms with Gasteiger partial charge in [0.05, 0.1) is 6.34 Å². The Morgan fingerprint density at radius 2 is 2.29 bits per heavy atom. The highest BCUT2D eigenvalue weighted by atomic mass is 32.1. The Balaban J connectivity index is 2.14. The fraction of sp³-hybridized carbons (Fsp3) is 0.500. The third-order valence-corrected chi connectivity index (χ3v) is 4.12. The van der Waals surface area contributed by atoms with Crippen molar-refractivity contribution >= 4 is 22.7 Å². The second-order valence-electron chi connectivity index (χ2n) is 3.75. The van der Waals surface area contributed by atoms with Crippen molar-refractivity contribution < 1.29 is 5.11 Å². The highest BCUT2D eigenvalue weighted by Crippen LogP contribution is 2.42. The topological polar surface area (TPSA) is 44.6 Å². The van der Waals surface area contributed by atoms with E-state index < -0.39 is 6.23 Å². The first-order chi connectivity index (χ1) is 6.86. The molecule has 0 spiro atoms.